The number of ether oxygens (including phenoxy) is 3. The lowest BCUT2D eigenvalue weighted by Crippen LogP contribution is -2.60. The average molecular weight is 1470 g/mol. The van der Waals surface area contributed by atoms with Gasteiger partial charge in [0.1, 0.15) is 78.7 Å². The summed E-state index contributed by atoms with van der Waals surface area (Å²) >= 11 is 0. The summed E-state index contributed by atoms with van der Waals surface area (Å²) in [6.07, 6.45) is 4.36. The maximum atomic E-state index is 15.2. The predicted octanol–water partition coefficient (Wildman–Crippen LogP) is 2.04. The van der Waals surface area contributed by atoms with Crippen molar-refractivity contribution >= 4 is 79.9 Å². The van der Waals surface area contributed by atoms with Crippen molar-refractivity contribution in [3.63, 3.8) is 0 Å². The van der Waals surface area contributed by atoms with Gasteiger partial charge in [0.2, 0.25) is 57.3 Å². The summed E-state index contributed by atoms with van der Waals surface area (Å²) in [5.41, 5.74) is 0.196. The van der Waals surface area contributed by atoms with Crippen LogP contribution in [0.1, 0.15) is 116 Å². The number of aliphatic carboxylic acids is 1. The maximum Gasteiger partial charge on any atom is 0.326 e. The Morgan fingerprint density at radius 3 is 1.77 bits per heavy atom. The van der Waals surface area contributed by atoms with Crippen molar-refractivity contribution in [1.82, 2.24) is 72.1 Å². The van der Waals surface area contributed by atoms with Crippen LogP contribution < -0.4 is 56.7 Å². The van der Waals surface area contributed by atoms with E-state index in [2.05, 4.69) is 57.6 Å². The topological polar surface area (TPSA) is 398 Å². The van der Waals surface area contributed by atoms with Gasteiger partial charge >= 0.3 is 5.97 Å². The van der Waals surface area contributed by atoms with E-state index in [1.54, 1.807) is 136 Å². The largest absolute Gasteiger partial charge is 0.490 e. The van der Waals surface area contributed by atoms with Crippen LogP contribution in [0.2, 0.25) is 0 Å². The molecule has 3 fully saturated rings. The molecule has 566 valence electrons. The Labute approximate surface area is 611 Å². The fourth-order valence-electron chi connectivity index (χ4n) is 12.5. The second kappa shape index (κ2) is 34.4. The van der Waals surface area contributed by atoms with Gasteiger partial charge in [-0.15, -0.1) is 5.10 Å². The Morgan fingerprint density at radius 2 is 1.19 bits per heavy atom. The first-order valence-electron chi connectivity index (χ1n) is 35.3. The lowest BCUT2D eigenvalue weighted by atomic mass is 9.85. The highest BCUT2D eigenvalue weighted by Gasteiger charge is 2.49. The van der Waals surface area contributed by atoms with Crippen molar-refractivity contribution in [2.45, 2.75) is 192 Å². The Balaban J connectivity index is 1.02. The van der Waals surface area contributed by atoms with Crippen molar-refractivity contribution in [1.29, 1.82) is 0 Å². The zero-order chi connectivity index (χ0) is 76.2. The summed E-state index contributed by atoms with van der Waals surface area (Å²) in [7, 11) is -0.905. The molecular weight excluding hydrogens is 1370 g/mol. The first-order valence-corrected chi connectivity index (χ1v) is 36.9. The van der Waals surface area contributed by atoms with Crippen LogP contribution in [-0.4, -0.2) is 210 Å². The number of rotatable bonds is 14. The number of nitrogens with zero attached hydrogens (tertiary/aromatic N) is 5. The molecular formula is C74H98N14O16S. The molecule has 0 radical (unpaired) electrons. The first-order chi connectivity index (χ1) is 49.7. The van der Waals surface area contributed by atoms with Crippen LogP contribution >= 0.6 is 0 Å². The molecule has 31 heteroatoms. The molecule has 0 unspecified atom stereocenters. The van der Waals surface area contributed by atoms with Gasteiger partial charge in [-0.25, -0.2) is 17.9 Å². The third kappa shape index (κ3) is 21.0. The molecule has 0 spiro atoms. The van der Waals surface area contributed by atoms with Crippen LogP contribution in [-0.2, 0) is 88.6 Å². The molecule has 7 aliphatic rings. The number of sulfonamides is 1. The smallest absolute Gasteiger partial charge is 0.326 e. The van der Waals surface area contributed by atoms with Gasteiger partial charge in [0.05, 0.1) is 42.3 Å². The monoisotopic (exact) mass is 1470 g/mol. The van der Waals surface area contributed by atoms with Crippen molar-refractivity contribution in [3.05, 3.63) is 132 Å². The molecule has 5 aromatic rings. The third-order valence-corrected chi connectivity index (χ3v) is 21.1. The fourth-order valence-corrected chi connectivity index (χ4v) is 13.9. The molecule has 4 aromatic carbocycles. The van der Waals surface area contributed by atoms with E-state index in [1.165, 1.54) is 21.4 Å². The Hall–Kier alpha value is -9.85. The van der Waals surface area contributed by atoms with E-state index in [0.29, 0.717) is 46.7 Å². The molecule has 9 amide bonds. The zero-order valence-corrected chi connectivity index (χ0v) is 61.9. The summed E-state index contributed by atoms with van der Waals surface area (Å²) in [6, 6.07) is 13.5. The van der Waals surface area contributed by atoms with E-state index < -0.39 is 158 Å². The number of benzene rings is 4. The van der Waals surface area contributed by atoms with E-state index in [1.807, 2.05) is 42.5 Å². The van der Waals surface area contributed by atoms with Crippen molar-refractivity contribution < 1.29 is 75.7 Å². The number of carboxylic acids is 1. The van der Waals surface area contributed by atoms with Gasteiger partial charge in [-0.3, -0.25) is 47.9 Å². The highest BCUT2D eigenvalue weighted by atomic mass is 32.2. The Morgan fingerprint density at radius 1 is 0.648 bits per heavy atom. The molecule has 10 N–H and O–H groups in total. The molecule has 10 bridgehead atoms. The number of aromatic nitrogens is 3. The lowest BCUT2D eigenvalue weighted by molar-refractivity contribution is -0.145. The van der Waals surface area contributed by atoms with E-state index in [-0.39, 0.29) is 65.0 Å². The van der Waals surface area contributed by atoms with Crippen molar-refractivity contribution in [2.75, 3.05) is 40.4 Å². The predicted molar refractivity (Wildman–Crippen MR) is 387 cm³/mol. The normalized spacial score (nSPS) is 23.6. The number of carbonyl (C=O) groups is 10. The number of amides is 9. The van der Waals surface area contributed by atoms with Crippen LogP contribution in [0.15, 0.2) is 109 Å². The second-order valence-electron chi connectivity index (χ2n) is 29.5. The highest BCUT2D eigenvalue weighted by molar-refractivity contribution is 7.91. The molecule has 1 saturated carbocycles. The van der Waals surface area contributed by atoms with Gasteiger partial charge < -0.3 is 71.7 Å². The van der Waals surface area contributed by atoms with Gasteiger partial charge in [-0.1, -0.05) is 120 Å². The van der Waals surface area contributed by atoms with Crippen LogP contribution in [0.4, 0.5) is 0 Å². The summed E-state index contributed by atoms with van der Waals surface area (Å²) in [5.74, 6) is -6.88. The summed E-state index contributed by atoms with van der Waals surface area (Å²) < 4.78 is 48.3. The van der Waals surface area contributed by atoms with Crippen LogP contribution in [0.25, 0.3) is 10.8 Å². The zero-order valence-electron chi connectivity index (χ0n) is 61.1. The SMILES string of the molecule is CN[C@@H](C)C(=O)N[C@H](C(=O)N1C[C@@H]2C[C@H]1C(=O)N[C@@H](C)C(=O)N[C@H](C(=O)NS(=O)(=O)C1CC1)Cc1ccc(cc1)OCc1cn(nn1)[C@H]1C[C@@H](C(=O)N[C@@H](Cc3ccc4ccccc4c3)C(=O)N[C@H](C(=O)O)Cc3ccc(cc3)OC/C=C\CO2)N(C(=O)[C@@H](NC(=O)[C@H](C)NC)C(C)(C)C)C1)C(C)(C)C. The molecule has 12 atom stereocenters. The minimum atomic E-state index is -4.11. The third-order valence-electron chi connectivity index (χ3n) is 19.2. The van der Waals surface area contributed by atoms with Gasteiger partial charge in [0.25, 0.3) is 5.91 Å². The standard InChI is InChI=1S/C74H98N14O16S/c1-42(75-10)63(89)81-61(73(4,5)6)70(96)86-39-51-36-59(86)69(95)79-56(35-47-18-23-48-16-12-13-17-49(48)32-47)66(92)80-58(72(98)99)34-46-19-24-52(25-20-46)102-30-14-15-31-103-54-37-60(87(40-54)71(97)62(74(7,8)9)82-64(90)43(2)76-11)68(94)77-44(3)65(91)78-57(67(93)84-105(100,101)55-28-29-55)33-45-21-26-53(27-22-45)104-41-50-38-88(51)85-83-50/h12-27,32,38,42-44,51,54-62,75-76H,28-31,33-37,39-41H2,1-11H3,(H,77,94)(H,78,91)(H,79,95)(H,80,92)(H,81,89)(H,82,90)(H,84,93)(H,98,99)/b15-14-/t42-,43-,44-,51-,54-,56-,57-,58-,59-,60-,61+,62+/m0/s1. The minimum absolute atomic E-state index is 0.00460. The van der Waals surface area contributed by atoms with E-state index in [0.717, 1.165) is 10.8 Å². The van der Waals surface area contributed by atoms with Gasteiger partial charge in [-0.05, 0) is 116 Å². The Kier molecular flexibility index (Phi) is 26.0. The molecule has 6 aliphatic heterocycles. The number of likely N-dealkylation sites (N-methyl/N-ethyl adjacent to an activating group) is 2. The molecule has 1 aliphatic carbocycles. The maximum absolute atomic E-state index is 15.2. The summed E-state index contributed by atoms with van der Waals surface area (Å²) in [4.78, 5) is 145. The van der Waals surface area contributed by atoms with E-state index in [4.69, 9.17) is 14.2 Å². The number of nitrogens with one attached hydrogen (secondary N) is 9. The van der Waals surface area contributed by atoms with E-state index >= 15 is 9.59 Å². The number of hydrogen-bond acceptors (Lipinski definition) is 19. The minimum Gasteiger partial charge on any atom is -0.490 e. The molecule has 30 nitrogen and oxygen atoms in total. The van der Waals surface area contributed by atoms with Gasteiger partial charge in [0, 0.05) is 45.2 Å². The van der Waals surface area contributed by atoms with E-state index in [9.17, 15) is 51.9 Å². The number of likely N-dealkylation sites (tertiary alicyclic amines) is 2. The molecule has 1 aromatic heterocycles. The summed E-state index contributed by atoms with van der Waals surface area (Å²) in [5, 5.41) is 42.8. The summed E-state index contributed by atoms with van der Waals surface area (Å²) in [6.45, 7) is 15.0. The molecule has 12 rings (SSSR count). The number of carboxylic acid groups (broad SMARTS) is 1. The molecule has 2 saturated heterocycles. The molecule has 105 heavy (non-hydrogen) atoms. The first kappa shape index (κ1) is 79.3. The number of carbonyl (C=O) groups excluding carboxylic acids is 9. The quantitative estimate of drug-likeness (QED) is 0.0711. The number of hydrogen-bond donors (Lipinski definition) is 10. The Bertz CT molecular complexity index is 4140. The molecule has 7 heterocycles. The van der Waals surface area contributed by atoms with Gasteiger partial charge in [0.15, 0.2) is 0 Å². The number of fused-ring (bicyclic) bond motifs is 1. The van der Waals surface area contributed by atoms with Crippen LogP contribution in [0.5, 0.6) is 11.5 Å². The van der Waals surface area contributed by atoms with Crippen molar-refractivity contribution in [3.8, 4) is 11.5 Å². The lowest BCUT2D eigenvalue weighted by Gasteiger charge is -2.36. The van der Waals surface area contributed by atoms with Gasteiger partial charge in [-0.2, -0.15) is 0 Å². The highest BCUT2D eigenvalue weighted by Crippen LogP contribution is 2.33. The van der Waals surface area contributed by atoms with Crippen LogP contribution in [0.3, 0.4) is 0 Å². The van der Waals surface area contributed by atoms with Crippen LogP contribution in [0, 0.1) is 10.8 Å². The fraction of sp³-hybridized carbons (Fsp3) is 0.514. The average Bonchev–Trinajstić information content (AvgIpc) is 1.68. The second-order valence-corrected chi connectivity index (χ2v) is 31.5. The van der Waals surface area contributed by atoms with Crippen molar-refractivity contribution in [2.24, 2.45) is 10.8 Å².